The van der Waals surface area contributed by atoms with Crippen LogP contribution in [0.4, 0.5) is 0 Å². The lowest BCUT2D eigenvalue weighted by molar-refractivity contribution is 0.0855. The fourth-order valence-electron chi connectivity index (χ4n) is 2.59. The van der Waals surface area contributed by atoms with Crippen LogP contribution in [0.15, 0.2) is 78.5 Å². The molecule has 1 atom stereocenters. The highest BCUT2D eigenvalue weighted by atomic mass is 16.7. The van der Waals surface area contributed by atoms with E-state index in [1.807, 2.05) is 18.2 Å². The van der Waals surface area contributed by atoms with Crippen LogP contribution in [0, 0.1) is 0 Å². The number of aromatic nitrogens is 2. The van der Waals surface area contributed by atoms with Gasteiger partial charge in [0, 0.05) is 0 Å². The van der Waals surface area contributed by atoms with E-state index in [0.29, 0.717) is 18.1 Å². The molecule has 0 unspecified atom stereocenters. The number of hydrogen-bond donors (Lipinski definition) is 0. The fraction of sp³-hybridized carbons (Fsp3) is 0.105. The molecule has 24 heavy (non-hydrogen) atoms. The molecular formula is C19H15N3O2. The third kappa shape index (κ3) is 3.10. The second-order valence-electron chi connectivity index (χ2n) is 5.45. The summed E-state index contributed by atoms with van der Waals surface area (Å²) in [6, 6.07) is 18.6. The van der Waals surface area contributed by atoms with Crippen molar-refractivity contribution in [3.05, 3.63) is 78.9 Å². The maximum Gasteiger partial charge on any atom is 0.235 e. The highest BCUT2D eigenvalue weighted by Gasteiger charge is 2.24. The Kier molecular flexibility index (Phi) is 3.90. The van der Waals surface area contributed by atoms with E-state index in [1.54, 1.807) is 12.4 Å². The molecule has 0 amide bonds. The molecule has 0 spiro atoms. The van der Waals surface area contributed by atoms with Crippen LogP contribution in [0.3, 0.4) is 0 Å². The lowest BCUT2D eigenvalue weighted by Gasteiger charge is -2.09. The summed E-state index contributed by atoms with van der Waals surface area (Å²) in [5.41, 5.74) is 3.44. The topological polar surface area (TPSA) is 56.6 Å². The van der Waals surface area contributed by atoms with Crippen molar-refractivity contribution in [2.45, 2.75) is 12.5 Å². The molecule has 1 aliphatic heterocycles. The average molecular weight is 317 g/mol. The lowest BCUT2D eigenvalue weighted by atomic mass is 10.0. The number of oxime groups is 1. The molecular weight excluding hydrogens is 302 g/mol. The molecule has 3 aromatic rings. The maximum absolute atomic E-state index is 5.62. The van der Waals surface area contributed by atoms with Gasteiger partial charge in [0.2, 0.25) is 5.90 Å². The van der Waals surface area contributed by atoms with Crippen molar-refractivity contribution < 1.29 is 9.57 Å². The van der Waals surface area contributed by atoms with Crippen molar-refractivity contribution in [2.24, 2.45) is 5.16 Å². The Hall–Kier alpha value is -3.21. The largest absolute Gasteiger partial charge is 0.436 e. The van der Waals surface area contributed by atoms with Gasteiger partial charge < -0.3 is 9.57 Å². The highest BCUT2D eigenvalue weighted by Crippen LogP contribution is 2.29. The average Bonchev–Trinajstić information content (AvgIpc) is 3.12. The third-order valence-corrected chi connectivity index (χ3v) is 3.80. The highest BCUT2D eigenvalue weighted by molar-refractivity contribution is 5.79. The monoisotopic (exact) mass is 317 g/mol. The van der Waals surface area contributed by atoms with Gasteiger partial charge in [-0.1, -0.05) is 59.8 Å². The van der Waals surface area contributed by atoms with Crippen molar-refractivity contribution >= 4 is 5.90 Å². The van der Waals surface area contributed by atoms with Crippen molar-refractivity contribution in [1.29, 1.82) is 0 Å². The molecule has 0 saturated heterocycles. The summed E-state index contributed by atoms with van der Waals surface area (Å²) in [5, 5.41) is 4.01. The van der Waals surface area contributed by atoms with Crippen LogP contribution in [0.2, 0.25) is 0 Å². The zero-order valence-electron chi connectivity index (χ0n) is 12.9. The Balaban J connectivity index is 1.43. The molecule has 0 N–H and O–H groups in total. The minimum Gasteiger partial charge on any atom is -0.436 e. The standard InChI is InChI=1S/C19H15N3O2/c1-2-4-14(5-3-1)15-6-8-16(9-7-15)18-10-19(22-24-18)23-17-11-20-13-21-12-17/h1-9,11-13,18H,10H2/t18-/m0/s1. The maximum atomic E-state index is 5.62. The van der Waals surface area contributed by atoms with E-state index in [4.69, 9.17) is 9.57 Å². The van der Waals surface area contributed by atoms with Crippen molar-refractivity contribution in [1.82, 2.24) is 9.97 Å². The summed E-state index contributed by atoms with van der Waals surface area (Å²) in [7, 11) is 0. The minimum absolute atomic E-state index is 0.130. The first-order valence-electron chi connectivity index (χ1n) is 7.69. The van der Waals surface area contributed by atoms with E-state index >= 15 is 0 Å². The second kappa shape index (κ2) is 6.50. The predicted molar refractivity (Wildman–Crippen MR) is 90.4 cm³/mol. The second-order valence-corrected chi connectivity index (χ2v) is 5.45. The van der Waals surface area contributed by atoms with Gasteiger partial charge in [-0.2, -0.15) is 0 Å². The zero-order chi connectivity index (χ0) is 16.2. The predicted octanol–water partition coefficient (Wildman–Crippen LogP) is 4.00. The van der Waals surface area contributed by atoms with E-state index < -0.39 is 0 Å². The smallest absolute Gasteiger partial charge is 0.235 e. The van der Waals surface area contributed by atoms with Gasteiger partial charge >= 0.3 is 0 Å². The molecule has 0 bridgehead atoms. The van der Waals surface area contributed by atoms with Gasteiger partial charge in [-0.25, -0.2) is 9.97 Å². The SMILES string of the molecule is c1ccc(-c2ccc([C@@H]3CC(Oc4cncnc4)=NO3)cc2)cc1. The number of nitrogens with zero attached hydrogens (tertiary/aromatic N) is 3. The Morgan fingerprint density at radius 1 is 0.875 bits per heavy atom. The number of rotatable bonds is 3. The molecule has 5 nitrogen and oxygen atoms in total. The molecule has 0 fully saturated rings. The van der Waals surface area contributed by atoms with Gasteiger partial charge in [0.1, 0.15) is 6.33 Å². The summed E-state index contributed by atoms with van der Waals surface area (Å²) in [6.45, 7) is 0. The first-order valence-corrected chi connectivity index (χ1v) is 7.69. The van der Waals surface area contributed by atoms with E-state index in [0.717, 1.165) is 5.56 Å². The van der Waals surface area contributed by atoms with Crippen LogP contribution in [0.1, 0.15) is 18.1 Å². The lowest BCUT2D eigenvalue weighted by Crippen LogP contribution is -2.07. The van der Waals surface area contributed by atoms with Crippen LogP contribution >= 0.6 is 0 Å². The summed E-state index contributed by atoms with van der Waals surface area (Å²) in [4.78, 5) is 13.3. The number of ether oxygens (including phenoxy) is 1. The van der Waals surface area contributed by atoms with Gasteiger partial charge in [-0.15, -0.1) is 0 Å². The summed E-state index contributed by atoms with van der Waals surface area (Å²) in [5.74, 6) is 1.09. The Bertz CT molecular complexity index is 834. The quantitative estimate of drug-likeness (QED) is 0.732. The van der Waals surface area contributed by atoms with Gasteiger partial charge in [0.05, 0.1) is 18.8 Å². The summed E-state index contributed by atoms with van der Waals surface area (Å²) >= 11 is 0. The van der Waals surface area contributed by atoms with Crippen molar-refractivity contribution in [3.8, 4) is 16.9 Å². The molecule has 5 heteroatoms. The van der Waals surface area contributed by atoms with Gasteiger partial charge in [0.15, 0.2) is 11.9 Å². The van der Waals surface area contributed by atoms with Crippen LogP contribution in [0.25, 0.3) is 11.1 Å². The Morgan fingerprint density at radius 3 is 2.33 bits per heavy atom. The molecule has 1 aromatic heterocycles. The molecule has 2 aromatic carbocycles. The summed E-state index contributed by atoms with van der Waals surface area (Å²) in [6.07, 6.45) is 5.10. The van der Waals surface area contributed by atoms with Gasteiger partial charge in [-0.05, 0) is 16.7 Å². The molecule has 0 aliphatic carbocycles. The first-order chi connectivity index (χ1) is 11.9. The van der Waals surface area contributed by atoms with E-state index in [2.05, 4.69) is 51.5 Å². The summed E-state index contributed by atoms with van der Waals surface area (Å²) < 4.78 is 5.62. The number of hydrogen-bond acceptors (Lipinski definition) is 5. The minimum atomic E-state index is -0.130. The van der Waals surface area contributed by atoms with E-state index in [1.165, 1.54) is 17.5 Å². The third-order valence-electron chi connectivity index (χ3n) is 3.80. The molecule has 4 rings (SSSR count). The first kappa shape index (κ1) is 14.4. The molecule has 1 aliphatic rings. The van der Waals surface area contributed by atoms with Crippen LogP contribution < -0.4 is 4.74 Å². The van der Waals surface area contributed by atoms with Crippen LogP contribution in [0.5, 0.6) is 5.75 Å². The Labute approximate surface area is 139 Å². The van der Waals surface area contributed by atoms with Gasteiger partial charge in [0.25, 0.3) is 0 Å². The van der Waals surface area contributed by atoms with Gasteiger partial charge in [-0.3, -0.25) is 0 Å². The number of benzene rings is 2. The van der Waals surface area contributed by atoms with Crippen LogP contribution in [-0.2, 0) is 4.84 Å². The van der Waals surface area contributed by atoms with Crippen molar-refractivity contribution in [2.75, 3.05) is 0 Å². The van der Waals surface area contributed by atoms with E-state index in [-0.39, 0.29) is 6.10 Å². The zero-order valence-corrected chi connectivity index (χ0v) is 12.9. The molecule has 0 saturated carbocycles. The molecule has 2 heterocycles. The van der Waals surface area contributed by atoms with Crippen molar-refractivity contribution in [3.63, 3.8) is 0 Å². The Morgan fingerprint density at radius 2 is 1.58 bits per heavy atom. The van der Waals surface area contributed by atoms with Crippen LogP contribution in [-0.4, -0.2) is 15.9 Å². The molecule has 118 valence electrons. The fourth-order valence-corrected chi connectivity index (χ4v) is 2.59. The van der Waals surface area contributed by atoms with E-state index in [9.17, 15) is 0 Å². The molecule has 0 radical (unpaired) electrons. The normalized spacial score (nSPS) is 16.3.